The van der Waals surface area contributed by atoms with E-state index in [9.17, 15) is 0 Å². The number of fused-ring (bicyclic) bond motifs is 1. The third-order valence-electron chi connectivity index (χ3n) is 2.88. The molecule has 0 aliphatic carbocycles. The Hall–Kier alpha value is -2.63. The molecule has 0 saturated heterocycles. The lowest BCUT2D eigenvalue weighted by molar-refractivity contribution is 0.397. The van der Waals surface area contributed by atoms with E-state index in [-0.39, 0.29) is 0 Å². The number of imidazole rings is 1. The number of pyridine rings is 2. The van der Waals surface area contributed by atoms with E-state index in [0.717, 1.165) is 16.7 Å². The van der Waals surface area contributed by atoms with E-state index in [1.807, 2.05) is 28.8 Å². The fourth-order valence-corrected chi connectivity index (χ4v) is 1.97. The molecule has 19 heavy (non-hydrogen) atoms. The molecule has 0 aromatic carbocycles. The Morgan fingerprint density at radius 2 is 2.16 bits per heavy atom. The summed E-state index contributed by atoms with van der Waals surface area (Å²) in [6, 6.07) is 7.52. The largest absolute Gasteiger partial charge is 0.481 e. The number of ether oxygens (including phenoxy) is 1. The first-order valence-electron chi connectivity index (χ1n) is 5.83. The summed E-state index contributed by atoms with van der Waals surface area (Å²) in [5.74, 6) is 1.03. The fraction of sp³-hybridized carbons (Fsp3) is 0.154. The van der Waals surface area contributed by atoms with Gasteiger partial charge in [0.1, 0.15) is 5.52 Å². The van der Waals surface area contributed by atoms with Crippen molar-refractivity contribution in [1.29, 1.82) is 0 Å². The molecule has 0 atom stereocenters. The van der Waals surface area contributed by atoms with Crippen molar-refractivity contribution < 1.29 is 4.74 Å². The predicted molar refractivity (Wildman–Crippen MR) is 71.8 cm³/mol. The van der Waals surface area contributed by atoms with Crippen molar-refractivity contribution in [3.8, 4) is 5.88 Å². The maximum Gasteiger partial charge on any atom is 0.213 e. The van der Waals surface area contributed by atoms with Crippen LogP contribution in [-0.2, 0) is 6.54 Å². The van der Waals surface area contributed by atoms with Gasteiger partial charge in [0.15, 0.2) is 5.65 Å². The van der Waals surface area contributed by atoms with E-state index in [2.05, 4.69) is 15.0 Å². The van der Waals surface area contributed by atoms with Gasteiger partial charge in [0.05, 0.1) is 13.7 Å². The molecule has 0 radical (unpaired) electrons. The second-order valence-corrected chi connectivity index (χ2v) is 4.11. The Kier molecular flexibility index (Phi) is 2.75. The molecule has 3 rings (SSSR count). The minimum atomic E-state index is 0.449. The van der Waals surface area contributed by atoms with Gasteiger partial charge in [0, 0.05) is 18.5 Å². The van der Waals surface area contributed by atoms with Gasteiger partial charge >= 0.3 is 0 Å². The highest BCUT2D eigenvalue weighted by Gasteiger charge is 2.09. The van der Waals surface area contributed by atoms with Crippen LogP contribution in [0, 0.1) is 0 Å². The van der Waals surface area contributed by atoms with E-state index in [0.29, 0.717) is 18.4 Å². The van der Waals surface area contributed by atoms with Gasteiger partial charge in [-0.25, -0.2) is 15.0 Å². The predicted octanol–water partition coefficient (Wildman–Crippen LogP) is 1.47. The summed E-state index contributed by atoms with van der Waals surface area (Å²) in [5.41, 5.74) is 8.53. The Labute approximate surface area is 109 Å². The van der Waals surface area contributed by atoms with Crippen molar-refractivity contribution in [2.45, 2.75) is 6.54 Å². The van der Waals surface area contributed by atoms with Crippen LogP contribution in [-0.4, -0.2) is 26.6 Å². The van der Waals surface area contributed by atoms with Gasteiger partial charge in [-0.05, 0) is 23.8 Å². The number of hydrogen-bond donors (Lipinski definition) is 1. The Bertz CT molecular complexity index is 722. The first kappa shape index (κ1) is 11.5. The normalized spacial score (nSPS) is 10.8. The van der Waals surface area contributed by atoms with Crippen molar-refractivity contribution in [1.82, 2.24) is 19.5 Å². The zero-order valence-corrected chi connectivity index (χ0v) is 10.4. The molecular formula is C13H13N5O. The molecule has 0 amide bonds. The van der Waals surface area contributed by atoms with Crippen molar-refractivity contribution in [2.24, 2.45) is 0 Å². The average Bonchev–Trinajstić information content (AvgIpc) is 2.76. The highest BCUT2D eigenvalue weighted by molar-refractivity contribution is 5.73. The highest BCUT2D eigenvalue weighted by Crippen LogP contribution is 2.18. The molecular weight excluding hydrogens is 242 g/mol. The molecule has 0 bridgehead atoms. The minimum Gasteiger partial charge on any atom is -0.481 e. The Balaban J connectivity index is 2.02. The molecule has 0 aliphatic heterocycles. The van der Waals surface area contributed by atoms with Crippen LogP contribution >= 0.6 is 0 Å². The lowest BCUT2D eigenvalue weighted by atomic mass is 10.2. The average molecular weight is 255 g/mol. The summed E-state index contributed by atoms with van der Waals surface area (Å²) in [6.45, 7) is 0.582. The molecule has 0 spiro atoms. The molecule has 96 valence electrons. The molecule has 3 heterocycles. The summed E-state index contributed by atoms with van der Waals surface area (Å²) >= 11 is 0. The smallest absolute Gasteiger partial charge is 0.213 e. The summed E-state index contributed by atoms with van der Waals surface area (Å²) in [4.78, 5) is 12.7. The quantitative estimate of drug-likeness (QED) is 0.766. The van der Waals surface area contributed by atoms with E-state index in [1.54, 1.807) is 19.5 Å². The van der Waals surface area contributed by atoms with Gasteiger partial charge < -0.3 is 10.5 Å². The fourth-order valence-electron chi connectivity index (χ4n) is 1.97. The van der Waals surface area contributed by atoms with Gasteiger partial charge in [0.25, 0.3) is 0 Å². The second-order valence-electron chi connectivity index (χ2n) is 4.11. The van der Waals surface area contributed by atoms with Crippen molar-refractivity contribution in [3.63, 3.8) is 0 Å². The van der Waals surface area contributed by atoms with Crippen LogP contribution in [0.25, 0.3) is 11.2 Å². The number of anilines is 1. The lowest BCUT2D eigenvalue weighted by Gasteiger charge is -2.07. The van der Waals surface area contributed by atoms with Crippen LogP contribution in [0.3, 0.4) is 0 Å². The number of nitrogen functional groups attached to an aromatic ring is 1. The molecule has 0 unspecified atom stereocenters. The van der Waals surface area contributed by atoms with Crippen LogP contribution in [0.5, 0.6) is 5.88 Å². The van der Waals surface area contributed by atoms with Gasteiger partial charge in [-0.3, -0.25) is 4.57 Å². The molecule has 6 nitrogen and oxygen atoms in total. The van der Waals surface area contributed by atoms with Gasteiger partial charge in [-0.15, -0.1) is 0 Å². The van der Waals surface area contributed by atoms with Crippen molar-refractivity contribution in [3.05, 3.63) is 42.2 Å². The topological polar surface area (TPSA) is 78.9 Å². The molecule has 3 aromatic heterocycles. The van der Waals surface area contributed by atoms with Crippen molar-refractivity contribution in [2.75, 3.05) is 12.8 Å². The third-order valence-corrected chi connectivity index (χ3v) is 2.88. The van der Waals surface area contributed by atoms with Crippen LogP contribution in [0.4, 0.5) is 5.95 Å². The van der Waals surface area contributed by atoms with Gasteiger partial charge in [-0.1, -0.05) is 0 Å². The molecule has 3 aromatic rings. The molecule has 0 fully saturated rings. The number of aromatic nitrogens is 4. The first-order chi connectivity index (χ1) is 9.28. The van der Waals surface area contributed by atoms with Crippen LogP contribution in [0.2, 0.25) is 0 Å². The van der Waals surface area contributed by atoms with Gasteiger partial charge in [-0.2, -0.15) is 0 Å². The lowest BCUT2D eigenvalue weighted by Crippen LogP contribution is -2.05. The number of methoxy groups -OCH3 is 1. The number of nitrogens with zero attached hydrogens (tertiary/aromatic N) is 4. The molecule has 0 aliphatic rings. The maximum absolute atomic E-state index is 5.94. The van der Waals surface area contributed by atoms with Gasteiger partial charge in [0.2, 0.25) is 11.8 Å². The standard InChI is InChI=1S/C13H13N5O/c1-19-11-7-9(4-6-15-11)8-18-12-10(17-13(18)14)3-2-5-16-12/h2-7H,8H2,1H3,(H2,14,17). The van der Waals surface area contributed by atoms with E-state index in [1.165, 1.54) is 0 Å². The second kappa shape index (κ2) is 4.56. The number of nitrogens with two attached hydrogens (primary N) is 1. The van der Waals surface area contributed by atoms with E-state index >= 15 is 0 Å². The number of rotatable bonds is 3. The molecule has 6 heteroatoms. The third kappa shape index (κ3) is 2.08. The van der Waals surface area contributed by atoms with Crippen LogP contribution in [0.1, 0.15) is 5.56 Å². The van der Waals surface area contributed by atoms with Crippen LogP contribution < -0.4 is 10.5 Å². The zero-order valence-electron chi connectivity index (χ0n) is 10.4. The monoisotopic (exact) mass is 255 g/mol. The summed E-state index contributed by atoms with van der Waals surface area (Å²) in [5, 5.41) is 0. The zero-order chi connectivity index (χ0) is 13.2. The summed E-state index contributed by atoms with van der Waals surface area (Å²) in [6.07, 6.45) is 3.43. The minimum absolute atomic E-state index is 0.449. The first-order valence-corrected chi connectivity index (χ1v) is 5.83. The molecule has 2 N–H and O–H groups in total. The van der Waals surface area contributed by atoms with Crippen LogP contribution in [0.15, 0.2) is 36.7 Å². The van der Waals surface area contributed by atoms with E-state index in [4.69, 9.17) is 10.5 Å². The van der Waals surface area contributed by atoms with E-state index < -0.39 is 0 Å². The number of hydrogen-bond acceptors (Lipinski definition) is 5. The highest BCUT2D eigenvalue weighted by atomic mass is 16.5. The SMILES string of the molecule is COc1cc(Cn2c(N)nc3cccnc32)ccn1. The molecule has 0 saturated carbocycles. The summed E-state index contributed by atoms with van der Waals surface area (Å²) < 4.78 is 6.97. The summed E-state index contributed by atoms with van der Waals surface area (Å²) in [7, 11) is 1.59. The van der Waals surface area contributed by atoms with Crippen molar-refractivity contribution >= 4 is 17.1 Å². The Morgan fingerprint density at radius 3 is 3.00 bits per heavy atom. The Morgan fingerprint density at radius 1 is 1.26 bits per heavy atom. The maximum atomic E-state index is 5.94.